The third kappa shape index (κ3) is 7.60. The summed E-state index contributed by atoms with van der Waals surface area (Å²) in [5.41, 5.74) is 3.35. The van der Waals surface area contributed by atoms with E-state index in [1.165, 1.54) is 18.4 Å². The predicted molar refractivity (Wildman–Crippen MR) is 140 cm³/mol. The molecular formula is C29H33N3O3. The molecular weight excluding hydrogens is 438 g/mol. The molecule has 182 valence electrons. The van der Waals surface area contributed by atoms with E-state index in [4.69, 9.17) is 4.74 Å². The van der Waals surface area contributed by atoms with Crippen LogP contribution in [0.15, 0.2) is 78.9 Å². The third-order valence-corrected chi connectivity index (χ3v) is 6.10. The molecule has 3 aromatic rings. The molecule has 3 aromatic carbocycles. The Morgan fingerprint density at radius 1 is 0.800 bits per heavy atom. The Morgan fingerprint density at radius 2 is 1.54 bits per heavy atom. The Hall–Kier alpha value is -3.80. The highest BCUT2D eigenvalue weighted by Gasteiger charge is 2.17. The minimum absolute atomic E-state index is 0.0612. The van der Waals surface area contributed by atoms with E-state index >= 15 is 0 Å². The number of rotatable bonds is 9. The van der Waals surface area contributed by atoms with Crippen LogP contribution in [0.25, 0.3) is 0 Å². The molecule has 0 aromatic heterocycles. The zero-order valence-corrected chi connectivity index (χ0v) is 20.0. The minimum atomic E-state index is -0.160. The van der Waals surface area contributed by atoms with E-state index in [0.717, 1.165) is 43.8 Å². The van der Waals surface area contributed by atoms with Crippen LogP contribution in [0, 0.1) is 0 Å². The number of ether oxygens (including phenoxy) is 1. The molecule has 2 N–H and O–H groups in total. The van der Waals surface area contributed by atoms with Gasteiger partial charge in [0.25, 0.3) is 5.91 Å². The molecule has 1 fully saturated rings. The molecule has 0 unspecified atom stereocenters. The maximum absolute atomic E-state index is 12.9. The van der Waals surface area contributed by atoms with Crippen LogP contribution in [0.1, 0.15) is 41.6 Å². The van der Waals surface area contributed by atoms with Gasteiger partial charge in [0.2, 0.25) is 5.91 Å². The van der Waals surface area contributed by atoms with Crippen LogP contribution in [-0.2, 0) is 11.2 Å². The molecule has 35 heavy (non-hydrogen) atoms. The number of likely N-dealkylation sites (tertiary alicyclic amines) is 1. The molecule has 2 amide bonds. The lowest BCUT2D eigenvalue weighted by Gasteiger charge is -2.20. The molecule has 1 aliphatic rings. The molecule has 0 radical (unpaired) electrons. The van der Waals surface area contributed by atoms with Crippen molar-refractivity contribution in [2.75, 3.05) is 36.9 Å². The van der Waals surface area contributed by atoms with Crippen molar-refractivity contribution in [1.29, 1.82) is 0 Å². The Kier molecular flexibility index (Phi) is 8.76. The van der Waals surface area contributed by atoms with Crippen molar-refractivity contribution >= 4 is 23.2 Å². The molecule has 4 rings (SSSR count). The van der Waals surface area contributed by atoms with Gasteiger partial charge in [-0.3, -0.25) is 9.59 Å². The van der Waals surface area contributed by atoms with Crippen molar-refractivity contribution in [3.05, 3.63) is 90.0 Å². The summed E-state index contributed by atoms with van der Waals surface area (Å²) in [6, 6.07) is 25.0. The largest absolute Gasteiger partial charge is 0.493 e. The van der Waals surface area contributed by atoms with Crippen LogP contribution in [0.3, 0.4) is 0 Å². The van der Waals surface area contributed by atoms with Crippen LogP contribution in [-0.4, -0.2) is 43.0 Å². The number of hydrogen-bond donors (Lipinski definition) is 2. The van der Waals surface area contributed by atoms with Crippen molar-refractivity contribution in [2.24, 2.45) is 0 Å². The SMILES string of the molecule is O=C(CNc1cccc(C(=O)N2CCCCCC2)c1)Nc1ccc(OCCc2ccccc2)cc1. The van der Waals surface area contributed by atoms with E-state index in [1.807, 2.05) is 71.6 Å². The van der Waals surface area contributed by atoms with Crippen LogP contribution in [0.5, 0.6) is 5.75 Å². The van der Waals surface area contributed by atoms with Gasteiger partial charge in [-0.15, -0.1) is 0 Å². The van der Waals surface area contributed by atoms with Gasteiger partial charge in [-0.25, -0.2) is 0 Å². The summed E-state index contributed by atoms with van der Waals surface area (Å²) >= 11 is 0. The standard InChI is InChI=1S/C29H33N3O3/c33-28(31-25-13-15-27(16-14-25)35-20-17-23-9-4-3-5-10-23)22-30-26-12-8-11-24(21-26)29(34)32-18-6-1-2-7-19-32/h3-5,8-16,21,30H,1-2,6-7,17-20,22H2,(H,31,33). The summed E-state index contributed by atoms with van der Waals surface area (Å²) < 4.78 is 5.80. The second-order valence-corrected chi connectivity index (χ2v) is 8.80. The fraction of sp³-hybridized carbons (Fsp3) is 0.310. The monoisotopic (exact) mass is 471 g/mol. The van der Waals surface area contributed by atoms with Crippen LogP contribution < -0.4 is 15.4 Å². The molecule has 0 aliphatic carbocycles. The van der Waals surface area contributed by atoms with Gasteiger partial charge in [-0.1, -0.05) is 49.2 Å². The fourth-order valence-corrected chi connectivity index (χ4v) is 4.17. The highest BCUT2D eigenvalue weighted by molar-refractivity contribution is 5.96. The molecule has 0 spiro atoms. The number of benzene rings is 3. The molecule has 6 heteroatoms. The van der Waals surface area contributed by atoms with E-state index in [-0.39, 0.29) is 18.4 Å². The van der Waals surface area contributed by atoms with Crippen LogP contribution in [0.4, 0.5) is 11.4 Å². The normalized spacial score (nSPS) is 13.5. The third-order valence-electron chi connectivity index (χ3n) is 6.10. The van der Waals surface area contributed by atoms with Crippen molar-refractivity contribution in [1.82, 2.24) is 4.90 Å². The quantitative estimate of drug-likeness (QED) is 0.440. The van der Waals surface area contributed by atoms with E-state index in [2.05, 4.69) is 22.8 Å². The average Bonchev–Trinajstić information content (AvgIpc) is 3.19. The number of nitrogens with zero attached hydrogens (tertiary/aromatic N) is 1. The molecule has 1 heterocycles. The van der Waals surface area contributed by atoms with Gasteiger partial charge in [-0.05, 0) is 60.9 Å². The molecule has 0 saturated carbocycles. The van der Waals surface area contributed by atoms with Crippen molar-refractivity contribution in [3.63, 3.8) is 0 Å². The van der Waals surface area contributed by atoms with Crippen LogP contribution >= 0.6 is 0 Å². The molecule has 0 bridgehead atoms. The zero-order chi connectivity index (χ0) is 24.3. The van der Waals surface area contributed by atoms with E-state index in [9.17, 15) is 9.59 Å². The topological polar surface area (TPSA) is 70.7 Å². The minimum Gasteiger partial charge on any atom is -0.493 e. The van der Waals surface area contributed by atoms with Gasteiger partial charge in [0.1, 0.15) is 5.75 Å². The average molecular weight is 472 g/mol. The lowest BCUT2D eigenvalue weighted by Crippen LogP contribution is -2.31. The second-order valence-electron chi connectivity index (χ2n) is 8.80. The number of anilines is 2. The number of nitrogens with one attached hydrogen (secondary N) is 2. The number of amides is 2. The first-order chi connectivity index (χ1) is 17.2. The van der Waals surface area contributed by atoms with Gasteiger partial charge < -0.3 is 20.3 Å². The molecule has 1 saturated heterocycles. The van der Waals surface area contributed by atoms with Crippen molar-refractivity contribution < 1.29 is 14.3 Å². The van der Waals surface area contributed by atoms with Gasteiger partial charge in [0.15, 0.2) is 0 Å². The van der Waals surface area contributed by atoms with E-state index in [1.54, 1.807) is 0 Å². The highest BCUT2D eigenvalue weighted by atomic mass is 16.5. The summed E-state index contributed by atoms with van der Waals surface area (Å²) in [4.78, 5) is 27.2. The van der Waals surface area contributed by atoms with Gasteiger partial charge in [-0.2, -0.15) is 0 Å². The zero-order valence-electron chi connectivity index (χ0n) is 20.0. The number of carbonyl (C=O) groups excluding carboxylic acids is 2. The molecule has 6 nitrogen and oxygen atoms in total. The first kappa shape index (κ1) is 24.3. The molecule has 0 atom stereocenters. The number of hydrogen-bond acceptors (Lipinski definition) is 4. The summed E-state index contributed by atoms with van der Waals surface area (Å²) in [7, 11) is 0. The second kappa shape index (κ2) is 12.6. The lowest BCUT2D eigenvalue weighted by molar-refractivity contribution is -0.114. The van der Waals surface area contributed by atoms with Gasteiger partial charge in [0, 0.05) is 36.4 Å². The highest BCUT2D eigenvalue weighted by Crippen LogP contribution is 2.18. The van der Waals surface area contributed by atoms with Crippen LogP contribution in [0.2, 0.25) is 0 Å². The van der Waals surface area contributed by atoms with Gasteiger partial charge >= 0.3 is 0 Å². The Balaban J connectivity index is 1.22. The fourth-order valence-electron chi connectivity index (χ4n) is 4.17. The first-order valence-electron chi connectivity index (χ1n) is 12.4. The first-order valence-corrected chi connectivity index (χ1v) is 12.4. The van der Waals surface area contributed by atoms with Crippen molar-refractivity contribution in [2.45, 2.75) is 32.1 Å². The Labute approximate surface area is 207 Å². The summed E-state index contributed by atoms with van der Waals surface area (Å²) in [6.45, 7) is 2.33. The predicted octanol–water partition coefficient (Wildman–Crippen LogP) is 5.37. The smallest absolute Gasteiger partial charge is 0.253 e. The summed E-state index contributed by atoms with van der Waals surface area (Å²) in [6.07, 6.45) is 5.33. The summed E-state index contributed by atoms with van der Waals surface area (Å²) in [5, 5.41) is 6.01. The summed E-state index contributed by atoms with van der Waals surface area (Å²) in [5.74, 6) is 0.668. The molecule has 1 aliphatic heterocycles. The lowest BCUT2D eigenvalue weighted by atomic mass is 10.1. The van der Waals surface area contributed by atoms with Crippen molar-refractivity contribution in [3.8, 4) is 5.75 Å². The maximum atomic E-state index is 12.9. The van der Waals surface area contributed by atoms with E-state index in [0.29, 0.717) is 17.9 Å². The Bertz CT molecular complexity index is 1090. The number of carbonyl (C=O) groups is 2. The van der Waals surface area contributed by atoms with E-state index < -0.39 is 0 Å². The Morgan fingerprint density at radius 3 is 2.29 bits per heavy atom. The van der Waals surface area contributed by atoms with Gasteiger partial charge in [0.05, 0.1) is 13.2 Å². The maximum Gasteiger partial charge on any atom is 0.253 e.